The molecule has 0 saturated carbocycles. The molecule has 0 aromatic heterocycles. The summed E-state index contributed by atoms with van der Waals surface area (Å²) in [7, 11) is 2.75. The van der Waals surface area contributed by atoms with Crippen molar-refractivity contribution in [3.8, 4) is 11.1 Å². The molecule has 3 aromatic carbocycles. The number of ether oxygens (including phenoxy) is 2. The van der Waals surface area contributed by atoms with Crippen molar-refractivity contribution in [1.29, 1.82) is 0 Å². The lowest BCUT2D eigenvalue weighted by Gasteiger charge is -2.54. The monoisotopic (exact) mass is 606 g/mol. The van der Waals surface area contributed by atoms with Gasteiger partial charge in [0.2, 0.25) is 0 Å². The lowest BCUT2D eigenvalue weighted by atomic mass is 9.51. The number of benzene rings is 3. The van der Waals surface area contributed by atoms with Crippen molar-refractivity contribution >= 4 is 52.3 Å². The molecule has 0 heterocycles. The second kappa shape index (κ2) is 10.3. The number of alkyl halides is 3. The number of hydrogen-bond donors (Lipinski definition) is 0. The molecular formula is C34H29Cl3O4. The molecule has 0 saturated heterocycles. The topological polar surface area (TPSA) is 52.6 Å². The van der Waals surface area contributed by atoms with Crippen molar-refractivity contribution < 1.29 is 19.1 Å². The summed E-state index contributed by atoms with van der Waals surface area (Å²) < 4.78 is 8.72. The summed E-state index contributed by atoms with van der Waals surface area (Å²) in [4.78, 5) is 27.0. The van der Waals surface area contributed by atoms with E-state index >= 15 is 0 Å². The van der Waals surface area contributed by atoms with Crippen LogP contribution in [0.1, 0.15) is 41.5 Å². The maximum Gasteiger partial charge on any atom is 0.306 e. The Labute approximate surface area is 254 Å². The minimum Gasteiger partial charge on any atom is -0.469 e. The maximum absolute atomic E-state index is 13.5. The van der Waals surface area contributed by atoms with Crippen molar-refractivity contribution in [2.45, 2.75) is 33.9 Å². The van der Waals surface area contributed by atoms with Crippen molar-refractivity contribution in [2.24, 2.45) is 11.8 Å². The van der Waals surface area contributed by atoms with Gasteiger partial charge in [-0.25, -0.2) is 0 Å². The number of esters is 2. The molecule has 3 aromatic rings. The summed E-state index contributed by atoms with van der Waals surface area (Å²) in [5, 5.41) is 0. The van der Waals surface area contributed by atoms with E-state index in [0.717, 1.165) is 39.0 Å². The van der Waals surface area contributed by atoms with Gasteiger partial charge in [0.05, 0.1) is 27.1 Å². The van der Waals surface area contributed by atoms with Gasteiger partial charge in [-0.05, 0) is 51.3 Å². The Morgan fingerprint density at radius 1 is 0.805 bits per heavy atom. The highest BCUT2D eigenvalue weighted by Crippen LogP contribution is 2.70. The van der Waals surface area contributed by atoms with E-state index < -0.39 is 32.5 Å². The van der Waals surface area contributed by atoms with Crippen LogP contribution < -0.4 is 0 Å². The van der Waals surface area contributed by atoms with E-state index in [9.17, 15) is 9.59 Å². The molecule has 3 unspecified atom stereocenters. The second-order valence-electron chi connectivity index (χ2n) is 11.0. The molecular weight excluding hydrogens is 579 g/mol. The number of allylic oxidation sites excluding steroid dienone is 4. The van der Waals surface area contributed by atoms with Gasteiger partial charge >= 0.3 is 11.9 Å². The quantitative estimate of drug-likeness (QED) is 0.211. The zero-order chi connectivity index (χ0) is 29.0. The largest absolute Gasteiger partial charge is 0.469 e. The average molecular weight is 608 g/mol. The van der Waals surface area contributed by atoms with E-state index in [2.05, 4.69) is 18.2 Å². The minimum absolute atomic E-state index is 0.0395. The summed E-state index contributed by atoms with van der Waals surface area (Å²) in [5.74, 6) is -1.95. The zero-order valence-corrected chi connectivity index (χ0v) is 25.0. The third-order valence-corrected chi connectivity index (χ3v) is 9.93. The molecule has 0 spiro atoms. The lowest BCUT2D eigenvalue weighted by Crippen LogP contribution is -2.57. The molecule has 0 N–H and O–H groups in total. The molecule has 0 amide bonds. The predicted molar refractivity (Wildman–Crippen MR) is 163 cm³/mol. The molecule has 4 nitrogen and oxygen atoms in total. The third-order valence-electron chi connectivity index (χ3n) is 9.28. The van der Waals surface area contributed by atoms with Gasteiger partial charge in [-0.15, -0.1) is 0 Å². The Morgan fingerprint density at radius 2 is 1.32 bits per heavy atom. The van der Waals surface area contributed by atoms with Crippen LogP contribution in [-0.2, 0) is 29.9 Å². The molecule has 6 rings (SSSR count). The number of rotatable bonds is 6. The van der Waals surface area contributed by atoms with Crippen LogP contribution in [0.3, 0.4) is 0 Å². The Morgan fingerprint density at radius 3 is 1.88 bits per heavy atom. The van der Waals surface area contributed by atoms with E-state index in [1.807, 2.05) is 72.8 Å². The van der Waals surface area contributed by atoms with Gasteiger partial charge in [-0.1, -0.05) is 126 Å². The molecule has 0 bridgehead atoms. The maximum atomic E-state index is 13.5. The van der Waals surface area contributed by atoms with Crippen molar-refractivity contribution in [1.82, 2.24) is 0 Å². The van der Waals surface area contributed by atoms with E-state index in [0.29, 0.717) is 6.42 Å². The smallest absolute Gasteiger partial charge is 0.306 e. The van der Waals surface area contributed by atoms with Crippen molar-refractivity contribution in [2.75, 3.05) is 14.2 Å². The van der Waals surface area contributed by atoms with Gasteiger partial charge in [0.25, 0.3) is 0 Å². The second-order valence-corrected chi connectivity index (χ2v) is 13.3. The van der Waals surface area contributed by atoms with Crippen LogP contribution in [0, 0.1) is 11.8 Å². The Balaban J connectivity index is 1.78. The number of carbonyl (C=O) groups is 2. The van der Waals surface area contributed by atoms with E-state index in [-0.39, 0.29) is 18.8 Å². The molecule has 0 fully saturated rings. The SMILES string of the molecule is COC(=O)CC1(C(C(Cl)(Cl)Cl)C2(CC(=O)OC)c3ccccc3C3=CC=CCC32)c2ccccc2-c2ccccc21. The fourth-order valence-electron chi connectivity index (χ4n) is 7.98. The molecule has 41 heavy (non-hydrogen) atoms. The highest BCUT2D eigenvalue weighted by Gasteiger charge is 2.68. The molecule has 0 radical (unpaired) electrons. The number of carbonyl (C=O) groups excluding carboxylic acids is 2. The summed E-state index contributed by atoms with van der Waals surface area (Å²) in [6.45, 7) is 0. The molecule has 210 valence electrons. The molecule has 3 aliphatic carbocycles. The van der Waals surface area contributed by atoms with Crippen LogP contribution in [0.2, 0.25) is 0 Å². The first-order chi connectivity index (χ1) is 19.7. The first kappa shape index (κ1) is 28.1. The molecule has 0 aliphatic heterocycles. The van der Waals surface area contributed by atoms with E-state index in [4.69, 9.17) is 44.3 Å². The van der Waals surface area contributed by atoms with E-state index in [1.165, 1.54) is 14.2 Å². The van der Waals surface area contributed by atoms with Crippen LogP contribution in [-0.4, -0.2) is 30.0 Å². The Bertz CT molecular complexity index is 1560. The van der Waals surface area contributed by atoms with Gasteiger partial charge in [0.1, 0.15) is 0 Å². The summed E-state index contributed by atoms with van der Waals surface area (Å²) in [6, 6.07) is 23.9. The van der Waals surface area contributed by atoms with Crippen molar-refractivity contribution in [3.05, 3.63) is 113 Å². The fourth-order valence-corrected chi connectivity index (χ4v) is 9.13. The Hall–Kier alpha value is -3.05. The van der Waals surface area contributed by atoms with Gasteiger partial charge in [0.15, 0.2) is 3.79 Å². The lowest BCUT2D eigenvalue weighted by molar-refractivity contribution is -0.144. The number of hydrogen-bond acceptors (Lipinski definition) is 4. The molecule has 3 aliphatic rings. The van der Waals surface area contributed by atoms with Crippen molar-refractivity contribution in [3.63, 3.8) is 0 Å². The highest BCUT2D eigenvalue weighted by atomic mass is 35.6. The van der Waals surface area contributed by atoms with Gasteiger partial charge in [-0.2, -0.15) is 0 Å². The van der Waals surface area contributed by atoms with E-state index in [1.54, 1.807) is 0 Å². The Kier molecular flexibility index (Phi) is 7.09. The van der Waals surface area contributed by atoms with Crippen LogP contribution in [0.5, 0.6) is 0 Å². The summed E-state index contributed by atoms with van der Waals surface area (Å²) in [6.07, 6.45) is 6.72. The number of halogens is 3. The first-order valence-electron chi connectivity index (χ1n) is 13.6. The summed E-state index contributed by atoms with van der Waals surface area (Å²) in [5.41, 5.74) is 4.47. The van der Waals surface area contributed by atoms with Crippen LogP contribution in [0.15, 0.2) is 91.0 Å². The average Bonchev–Trinajstić information content (AvgIpc) is 3.41. The fraction of sp³-hybridized carbons (Fsp3) is 0.294. The van der Waals surface area contributed by atoms with Gasteiger partial charge in [-0.3, -0.25) is 9.59 Å². The standard InChI is InChI=1S/C34H29Cl3O4/c1-40-29(38)19-32(25-15-7-3-11-21(25)22-12-4-8-16-26(22)32)31(34(35,36)37)33(20-30(39)41-2)27-17-9-5-13-23(27)24-14-6-10-18-28(24)33/h3-17,28,31H,18-20H2,1-2H3. The molecule has 3 atom stereocenters. The van der Waals surface area contributed by atoms with Gasteiger partial charge < -0.3 is 9.47 Å². The van der Waals surface area contributed by atoms with Crippen LogP contribution in [0.4, 0.5) is 0 Å². The summed E-state index contributed by atoms with van der Waals surface area (Å²) >= 11 is 21.6. The zero-order valence-electron chi connectivity index (χ0n) is 22.7. The first-order valence-corrected chi connectivity index (χ1v) is 14.7. The van der Waals surface area contributed by atoms with Crippen LogP contribution >= 0.6 is 34.8 Å². The van der Waals surface area contributed by atoms with Crippen LogP contribution in [0.25, 0.3) is 16.7 Å². The predicted octanol–water partition coefficient (Wildman–Crippen LogP) is 7.98. The minimum atomic E-state index is -1.93. The number of fused-ring (bicyclic) bond motifs is 6. The normalized spacial score (nSPS) is 22.1. The number of methoxy groups -OCH3 is 2. The third kappa shape index (κ3) is 4.10. The highest BCUT2D eigenvalue weighted by molar-refractivity contribution is 6.68. The molecule has 7 heteroatoms. The van der Waals surface area contributed by atoms with Gasteiger partial charge in [0, 0.05) is 16.7 Å².